The highest BCUT2D eigenvalue weighted by molar-refractivity contribution is 7.08. The number of hydrogen-bond acceptors (Lipinski definition) is 5. The lowest BCUT2D eigenvalue weighted by Crippen LogP contribution is -2.43. The monoisotopic (exact) mass is 306 g/mol. The molecule has 0 saturated carbocycles. The Bertz CT molecular complexity index is 548. The van der Waals surface area contributed by atoms with Gasteiger partial charge in [0.1, 0.15) is 5.76 Å². The molecule has 1 fully saturated rings. The molecule has 5 nitrogen and oxygen atoms in total. The number of ether oxygens (including phenoxy) is 1. The lowest BCUT2D eigenvalue weighted by molar-refractivity contribution is 0.0118. The van der Waals surface area contributed by atoms with Crippen LogP contribution in [0.15, 0.2) is 39.6 Å². The molecule has 1 N–H and O–H groups in total. The van der Waals surface area contributed by atoms with Crippen LogP contribution in [0.4, 0.5) is 0 Å². The van der Waals surface area contributed by atoms with E-state index in [1.54, 1.807) is 6.26 Å². The first-order valence-electron chi connectivity index (χ1n) is 7.00. The van der Waals surface area contributed by atoms with Crippen LogP contribution in [0.1, 0.15) is 22.2 Å². The van der Waals surface area contributed by atoms with Gasteiger partial charge in [0.25, 0.3) is 5.91 Å². The molecule has 1 atom stereocenters. The van der Waals surface area contributed by atoms with Gasteiger partial charge in [-0.1, -0.05) is 0 Å². The van der Waals surface area contributed by atoms with E-state index in [0.717, 1.165) is 32.1 Å². The summed E-state index contributed by atoms with van der Waals surface area (Å²) in [5.41, 5.74) is 0.708. The zero-order valence-corrected chi connectivity index (χ0v) is 12.5. The van der Waals surface area contributed by atoms with Crippen molar-refractivity contribution in [3.8, 4) is 0 Å². The zero-order chi connectivity index (χ0) is 14.5. The fourth-order valence-electron chi connectivity index (χ4n) is 2.46. The van der Waals surface area contributed by atoms with Crippen LogP contribution in [-0.2, 0) is 4.74 Å². The minimum absolute atomic E-state index is 0.0407. The van der Waals surface area contributed by atoms with Crippen molar-refractivity contribution in [3.05, 3.63) is 46.5 Å². The summed E-state index contributed by atoms with van der Waals surface area (Å²) >= 11 is 1.52. The topological polar surface area (TPSA) is 54.7 Å². The Balaban J connectivity index is 1.66. The lowest BCUT2D eigenvalue weighted by atomic mass is 10.1. The van der Waals surface area contributed by atoms with Gasteiger partial charge in [-0.3, -0.25) is 9.69 Å². The molecule has 0 radical (unpaired) electrons. The molecule has 6 heteroatoms. The molecule has 1 aliphatic heterocycles. The van der Waals surface area contributed by atoms with Gasteiger partial charge in [0.15, 0.2) is 0 Å². The minimum Gasteiger partial charge on any atom is -0.468 e. The van der Waals surface area contributed by atoms with E-state index in [4.69, 9.17) is 9.15 Å². The molecule has 21 heavy (non-hydrogen) atoms. The number of nitrogens with zero attached hydrogens (tertiary/aromatic N) is 1. The largest absolute Gasteiger partial charge is 0.468 e. The van der Waals surface area contributed by atoms with Crippen molar-refractivity contribution in [2.75, 3.05) is 32.8 Å². The molecule has 2 aromatic heterocycles. The number of nitrogens with one attached hydrogen (secondary N) is 1. The summed E-state index contributed by atoms with van der Waals surface area (Å²) in [4.78, 5) is 14.4. The summed E-state index contributed by atoms with van der Waals surface area (Å²) in [5.74, 6) is 0.837. The van der Waals surface area contributed by atoms with Crippen LogP contribution >= 0.6 is 11.3 Å². The number of amides is 1. The second-order valence-corrected chi connectivity index (χ2v) is 5.68. The number of morpholine rings is 1. The summed E-state index contributed by atoms with van der Waals surface area (Å²) < 4.78 is 10.9. The number of carbonyl (C=O) groups excluding carboxylic acids is 1. The second kappa shape index (κ2) is 6.89. The molecule has 112 valence electrons. The number of carbonyl (C=O) groups is 1. The maximum absolute atomic E-state index is 12.1. The lowest BCUT2D eigenvalue weighted by Gasteiger charge is -2.33. The quantitative estimate of drug-likeness (QED) is 0.919. The fourth-order valence-corrected chi connectivity index (χ4v) is 3.10. The van der Waals surface area contributed by atoms with Crippen LogP contribution in [0.5, 0.6) is 0 Å². The van der Waals surface area contributed by atoms with Gasteiger partial charge in [0.2, 0.25) is 0 Å². The molecule has 1 amide bonds. The minimum atomic E-state index is -0.0407. The first-order valence-corrected chi connectivity index (χ1v) is 7.94. The summed E-state index contributed by atoms with van der Waals surface area (Å²) in [5, 5.41) is 6.75. The predicted molar refractivity (Wildman–Crippen MR) is 80.5 cm³/mol. The molecule has 3 heterocycles. The van der Waals surface area contributed by atoms with E-state index < -0.39 is 0 Å². The van der Waals surface area contributed by atoms with Crippen molar-refractivity contribution < 1.29 is 13.9 Å². The van der Waals surface area contributed by atoms with Crippen LogP contribution in [0.2, 0.25) is 0 Å². The van der Waals surface area contributed by atoms with Gasteiger partial charge in [0.05, 0.1) is 25.5 Å². The molecule has 1 saturated heterocycles. The molecule has 3 rings (SSSR count). The average molecular weight is 306 g/mol. The van der Waals surface area contributed by atoms with Crippen LogP contribution in [0.25, 0.3) is 0 Å². The molecule has 2 aromatic rings. The van der Waals surface area contributed by atoms with Crippen molar-refractivity contribution in [3.63, 3.8) is 0 Å². The maximum atomic E-state index is 12.1. The predicted octanol–water partition coefficient (Wildman–Crippen LogP) is 2.14. The Kier molecular flexibility index (Phi) is 4.69. The number of furan rings is 1. The van der Waals surface area contributed by atoms with E-state index in [9.17, 15) is 4.79 Å². The first kappa shape index (κ1) is 14.3. The Hall–Kier alpha value is -1.63. The number of thiophene rings is 1. The van der Waals surface area contributed by atoms with Gasteiger partial charge >= 0.3 is 0 Å². The van der Waals surface area contributed by atoms with Gasteiger partial charge in [-0.25, -0.2) is 0 Å². The smallest absolute Gasteiger partial charge is 0.252 e. The van der Waals surface area contributed by atoms with E-state index in [2.05, 4.69) is 10.2 Å². The molecule has 0 aromatic carbocycles. The molecule has 0 spiro atoms. The SMILES string of the molecule is O=C(NCC(c1ccco1)N1CCOCC1)c1ccsc1. The molecular formula is C15H18N2O3S. The van der Waals surface area contributed by atoms with E-state index in [1.807, 2.05) is 29.0 Å². The van der Waals surface area contributed by atoms with Crippen molar-refractivity contribution in [1.82, 2.24) is 10.2 Å². The Labute approximate surface area is 127 Å². The Morgan fingerprint density at radius 3 is 2.90 bits per heavy atom. The maximum Gasteiger partial charge on any atom is 0.252 e. The van der Waals surface area contributed by atoms with Crippen molar-refractivity contribution in [2.45, 2.75) is 6.04 Å². The summed E-state index contributed by atoms with van der Waals surface area (Å²) in [6.07, 6.45) is 1.67. The highest BCUT2D eigenvalue weighted by atomic mass is 32.1. The van der Waals surface area contributed by atoms with E-state index >= 15 is 0 Å². The van der Waals surface area contributed by atoms with Gasteiger partial charge in [-0.05, 0) is 23.6 Å². The van der Waals surface area contributed by atoms with E-state index in [-0.39, 0.29) is 11.9 Å². The Morgan fingerprint density at radius 2 is 2.24 bits per heavy atom. The van der Waals surface area contributed by atoms with E-state index in [1.165, 1.54) is 11.3 Å². The summed E-state index contributed by atoms with van der Waals surface area (Å²) in [7, 11) is 0. The standard InChI is InChI=1S/C15H18N2O3S/c18-15(12-3-9-21-11-12)16-10-13(14-2-1-6-20-14)17-4-7-19-8-5-17/h1-3,6,9,11,13H,4-5,7-8,10H2,(H,16,18). The van der Waals surface area contributed by atoms with Crippen molar-refractivity contribution in [2.24, 2.45) is 0 Å². The van der Waals surface area contributed by atoms with Crippen LogP contribution < -0.4 is 5.32 Å². The number of rotatable bonds is 5. The summed E-state index contributed by atoms with van der Waals surface area (Å²) in [6.45, 7) is 3.66. The highest BCUT2D eigenvalue weighted by Gasteiger charge is 2.25. The van der Waals surface area contributed by atoms with Crippen LogP contribution in [0.3, 0.4) is 0 Å². The van der Waals surface area contributed by atoms with E-state index in [0.29, 0.717) is 12.1 Å². The molecule has 1 unspecified atom stereocenters. The van der Waals surface area contributed by atoms with Gasteiger partial charge < -0.3 is 14.5 Å². The zero-order valence-electron chi connectivity index (χ0n) is 11.7. The summed E-state index contributed by atoms with van der Waals surface area (Å²) in [6, 6.07) is 5.71. The normalized spacial score (nSPS) is 17.5. The van der Waals surface area contributed by atoms with Gasteiger partial charge in [0, 0.05) is 30.6 Å². The first-order chi connectivity index (χ1) is 10.3. The van der Waals surface area contributed by atoms with Crippen molar-refractivity contribution >= 4 is 17.2 Å². The third-order valence-corrected chi connectivity index (χ3v) is 4.28. The highest BCUT2D eigenvalue weighted by Crippen LogP contribution is 2.21. The third kappa shape index (κ3) is 3.53. The van der Waals surface area contributed by atoms with Crippen molar-refractivity contribution in [1.29, 1.82) is 0 Å². The fraction of sp³-hybridized carbons (Fsp3) is 0.400. The number of hydrogen-bond donors (Lipinski definition) is 1. The molecule has 1 aliphatic rings. The van der Waals surface area contributed by atoms with Crippen LogP contribution in [0, 0.1) is 0 Å². The third-order valence-electron chi connectivity index (χ3n) is 3.60. The van der Waals surface area contributed by atoms with Crippen LogP contribution in [-0.4, -0.2) is 43.7 Å². The Morgan fingerprint density at radius 1 is 1.38 bits per heavy atom. The molecular weight excluding hydrogens is 288 g/mol. The van der Waals surface area contributed by atoms with Gasteiger partial charge in [-0.15, -0.1) is 0 Å². The molecule has 0 aliphatic carbocycles. The molecule has 0 bridgehead atoms. The van der Waals surface area contributed by atoms with Gasteiger partial charge in [-0.2, -0.15) is 11.3 Å². The second-order valence-electron chi connectivity index (χ2n) is 4.90. The average Bonchev–Trinajstić information content (AvgIpc) is 3.22.